The van der Waals surface area contributed by atoms with Crippen molar-refractivity contribution in [1.29, 1.82) is 0 Å². The third-order valence-corrected chi connectivity index (χ3v) is 1.63. The van der Waals surface area contributed by atoms with Crippen molar-refractivity contribution in [3.8, 4) is 0 Å². The van der Waals surface area contributed by atoms with Crippen LogP contribution in [0.15, 0.2) is 18.3 Å². The fourth-order valence-electron chi connectivity index (χ4n) is 1.02. The zero-order valence-electron chi connectivity index (χ0n) is 9.50. The largest absolute Gasteiger partial charge is 0.444 e. The van der Waals surface area contributed by atoms with Crippen LogP contribution in [0.1, 0.15) is 20.8 Å². The van der Waals surface area contributed by atoms with Crippen LogP contribution in [0, 0.1) is 0 Å². The molecular formula is C10H15BN2O2. The molecule has 4 nitrogen and oxygen atoms in total. The summed E-state index contributed by atoms with van der Waals surface area (Å²) in [6.07, 6.45) is 1.14. The molecule has 0 bridgehead atoms. The van der Waals surface area contributed by atoms with Crippen LogP contribution in [0.5, 0.6) is 0 Å². The van der Waals surface area contributed by atoms with Gasteiger partial charge in [0.05, 0.1) is 0 Å². The Morgan fingerprint density at radius 2 is 2.20 bits per heavy atom. The second kappa shape index (κ2) is 4.34. The monoisotopic (exact) mass is 206 g/mol. The van der Waals surface area contributed by atoms with E-state index in [1.165, 1.54) is 0 Å². The highest BCUT2D eigenvalue weighted by molar-refractivity contribution is 6.35. The van der Waals surface area contributed by atoms with Crippen LogP contribution in [0.3, 0.4) is 0 Å². The van der Waals surface area contributed by atoms with Crippen LogP contribution < -0.4 is 10.8 Å². The fourth-order valence-corrected chi connectivity index (χ4v) is 1.02. The SMILES string of the molecule is Bc1cccnc1NC(=O)OC(C)(C)C. The number of hydrogen-bond donors (Lipinski definition) is 1. The molecule has 0 spiro atoms. The van der Waals surface area contributed by atoms with Crippen molar-refractivity contribution in [2.45, 2.75) is 26.4 Å². The van der Waals surface area contributed by atoms with Gasteiger partial charge in [-0.05, 0) is 32.3 Å². The molecule has 5 heteroatoms. The highest BCUT2D eigenvalue weighted by atomic mass is 16.6. The van der Waals surface area contributed by atoms with E-state index in [9.17, 15) is 4.79 Å². The highest BCUT2D eigenvalue weighted by Crippen LogP contribution is 2.08. The summed E-state index contributed by atoms with van der Waals surface area (Å²) in [4.78, 5) is 15.4. The van der Waals surface area contributed by atoms with Gasteiger partial charge in [0, 0.05) is 6.20 Å². The molecule has 0 unspecified atom stereocenters. The summed E-state index contributed by atoms with van der Waals surface area (Å²) in [5.41, 5.74) is 0.413. The zero-order chi connectivity index (χ0) is 11.5. The number of nitrogens with one attached hydrogen (secondary N) is 1. The lowest BCUT2D eigenvalue weighted by molar-refractivity contribution is 0.0635. The third kappa shape index (κ3) is 4.02. The minimum Gasteiger partial charge on any atom is -0.444 e. The molecule has 1 aromatic heterocycles. The number of nitrogens with zero attached hydrogens (tertiary/aromatic N) is 1. The maximum atomic E-state index is 11.4. The van der Waals surface area contributed by atoms with Gasteiger partial charge in [-0.25, -0.2) is 9.78 Å². The van der Waals surface area contributed by atoms with E-state index in [0.717, 1.165) is 5.46 Å². The van der Waals surface area contributed by atoms with Crippen LogP contribution in [0.2, 0.25) is 0 Å². The second-order valence-corrected chi connectivity index (χ2v) is 4.30. The lowest BCUT2D eigenvalue weighted by Gasteiger charge is -2.19. The highest BCUT2D eigenvalue weighted by Gasteiger charge is 2.16. The number of carbonyl (C=O) groups excluding carboxylic acids is 1. The van der Waals surface area contributed by atoms with Crippen LogP contribution >= 0.6 is 0 Å². The van der Waals surface area contributed by atoms with E-state index < -0.39 is 11.7 Å². The van der Waals surface area contributed by atoms with Crippen molar-refractivity contribution >= 4 is 25.2 Å². The molecule has 0 aromatic carbocycles. The molecule has 0 aliphatic carbocycles. The minimum atomic E-state index is -0.493. The molecule has 80 valence electrons. The van der Waals surface area contributed by atoms with Crippen LogP contribution in [0.4, 0.5) is 10.6 Å². The van der Waals surface area contributed by atoms with Gasteiger partial charge in [-0.2, -0.15) is 0 Å². The first-order valence-electron chi connectivity index (χ1n) is 4.80. The normalized spacial score (nSPS) is 10.9. The molecule has 1 amide bonds. The number of aromatic nitrogens is 1. The van der Waals surface area contributed by atoms with Gasteiger partial charge in [0.2, 0.25) is 0 Å². The molecule has 0 fully saturated rings. The van der Waals surface area contributed by atoms with E-state index in [-0.39, 0.29) is 0 Å². The average Bonchev–Trinajstić information content (AvgIpc) is 2.05. The molecule has 0 aliphatic rings. The molecule has 0 saturated heterocycles. The van der Waals surface area contributed by atoms with Gasteiger partial charge in [0.1, 0.15) is 19.3 Å². The van der Waals surface area contributed by atoms with Gasteiger partial charge in [0.25, 0.3) is 0 Å². The average molecular weight is 206 g/mol. The molecule has 1 heterocycles. The molecule has 0 radical (unpaired) electrons. The molecule has 0 saturated carbocycles. The first-order chi connectivity index (χ1) is 6.88. The lowest BCUT2D eigenvalue weighted by atomic mass is 9.97. The number of pyridine rings is 1. The van der Waals surface area contributed by atoms with Crippen molar-refractivity contribution in [3.63, 3.8) is 0 Å². The molecular weight excluding hydrogens is 191 g/mol. The minimum absolute atomic E-state index is 0.482. The maximum absolute atomic E-state index is 11.4. The van der Waals surface area contributed by atoms with Gasteiger partial charge >= 0.3 is 6.09 Å². The summed E-state index contributed by atoms with van der Waals surface area (Å²) in [6.45, 7) is 5.45. The van der Waals surface area contributed by atoms with Crippen molar-refractivity contribution in [2.75, 3.05) is 5.32 Å². The Kier molecular flexibility index (Phi) is 3.34. The van der Waals surface area contributed by atoms with E-state index in [2.05, 4.69) is 10.3 Å². The van der Waals surface area contributed by atoms with E-state index >= 15 is 0 Å². The first kappa shape index (κ1) is 11.6. The smallest absolute Gasteiger partial charge is 0.413 e. The summed E-state index contributed by atoms with van der Waals surface area (Å²) < 4.78 is 5.11. The van der Waals surface area contributed by atoms with Crippen molar-refractivity contribution < 1.29 is 9.53 Å². The summed E-state index contributed by atoms with van der Waals surface area (Å²) >= 11 is 0. The van der Waals surface area contributed by atoms with Crippen molar-refractivity contribution in [2.24, 2.45) is 0 Å². The van der Waals surface area contributed by atoms with Crippen molar-refractivity contribution in [3.05, 3.63) is 18.3 Å². The third-order valence-electron chi connectivity index (χ3n) is 1.63. The summed E-state index contributed by atoms with van der Waals surface area (Å²) in [5, 5.41) is 2.59. The van der Waals surface area contributed by atoms with E-state index in [0.29, 0.717) is 5.82 Å². The number of rotatable bonds is 1. The number of amides is 1. The molecule has 1 aromatic rings. The Balaban J connectivity index is 2.64. The Morgan fingerprint density at radius 1 is 1.53 bits per heavy atom. The predicted molar refractivity (Wildman–Crippen MR) is 62.3 cm³/mol. The van der Waals surface area contributed by atoms with Crippen LogP contribution in [-0.2, 0) is 4.74 Å². The van der Waals surface area contributed by atoms with Crippen LogP contribution in [0.25, 0.3) is 0 Å². The first-order valence-corrected chi connectivity index (χ1v) is 4.80. The summed E-state index contributed by atoms with van der Waals surface area (Å²) in [6, 6.07) is 3.69. The quantitative estimate of drug-likeness (QED) is 0.687. The number of hydrogen-bond acceptors (Lipinski definition) is 3. The second-order valence-electron chi connectivity index (χ2n) is 4.30. The zero-order valence-corrected chi connectivity index (χ0v) is 9.50. The molecule has 0 aliphatic heterocycles. The predicted octanol–water partition coefficient (Wildman–Crippen LogP) is 0.687. The number of ether oxygens (including phenoxy) is 1. The molecule has 15 heavy (non-hydrogen) atoms. The van der Waals surface area contributed by atoms with Gasteiger partial charge in [0.15, 0.2) is 0 Å². The molecule has 1 rings (SSSR count). The number of carbonyl (C=O) groups is 1. The summed E-state index contributed by atoms with van der Waals surface area (Å²) in [7, 11) is 1.87. The van der Waals surface area contributed by atoms with Gasteiger partial charge in [-0.1, -0.05) is 6.07 Å². The van der Waals surface area contributed by atoms with E-state index in [4.69, 9.17) is 4.74 Å². The maximum Gasteiger partial charge on any atom is 0.413 e. The number of anilines is 1. The van der Waals surface area contributed by atoms with E-state index in [1.54, 1.807) is 6.20 Å². The molecule has 0 atom stereocenters. The Hall–Kier alpha value is -1.52. The van der Waals surface area contributed by atoms with E-state index in [1.807, 2.05) is 40.8 Å². The molecule has 1 N–H and O–H groups in total. The topological polar surface area (TPSA) is 51.2 Å². The van der Waals surface area contributed by atoms with Gasteiger partial charge in [-0.3, -0.25) is 5.32 Å². The Bertz CT molecular complexity index is 361. The summed E-state index contributed by atoms with van der Waals surface area (Å²) in [5.74, 6) is 0.534. The Labute approximate surface area is 90.5 Å². The van der Waals surface area contributed by atoms with Crippen molar-refractivity contribution in [1.82, 2.24) is 4.98 Å². The Morgan fingerprint density at radius 3 is 2.73 bits per heavy atom. The standard InChI is InChI=1S/C10H15BN2O2/c1-10(2,3)15-9(14)13-8-7(11)5-4-6-12-8/h4-6H,11H2,1-3H3,(H,12,13,14). The van der Waals surface area contributed by atoms with Gasteiger partial charge < -0.3 is 4.74 Å². The fraction of sp³-hybridized carbons (Fsp3) is 0.400. The van der Waals surface area contributed by atoms with Gasteiger partial charge in [-0.15, -0.1) is 0 Å². The van der Waals surface area contributed by atoms with Crippen LogP contribution in [-0.4, -0.2) is 24.5 Å². The lowest BCUT2D eigenvalue weighted by Crippen LogP contribution is -2.29.